The van der Waals surface area contributed by atoms with Crippen molar-refractivity contribution in [1.82, 2.24) is 4.57 Å². The third-order valence-corrected chi connectivity index (χ3v) is 3.18. The minimum Gasteiger partial charge on any atom is -0.493 e. The number of aryl methyl sites for hydroxylation is 1. The molecule has 83 valence electrons. The minimum atomic E-state index is 0.709. The summed E-state index contributed by atoms with van der Waals surface area (Å²) in [5.41, 5.74) is 2.57. The highest BCUT2D eigenvalue weighted by Crippen LogP contribution is 2.40. The van der Waals surface area contributed by atoms with Crippen LogP contribution in [0.15, 0.2) is 18.3 Å². The van der Waals surface area contributed by atoms with E-state index in [-0.39, 0.29) is 0 Å². The third-order valence-electron chi connectivity index (χ3n) is 3.18. The van der Waals surface area contributed by atoms with Gasteiger partial charge in [0.1, 0.15) is 5.75 Å². The molecule has 0 amide bonds. The van der Waals surface area contributed by atoms with Gasteiger partial charge in [0, 0.05) is 17.6 Å². The maximum absolute atomic E-state index is 5.67. The maximum atomic E-state index is 5.67. The van der Waals surface area contributed by atoms with Crippen LogP contribution in [0.4, 0.5) is 0 Å². The van der Waals surface area contributed by atoms with Crippen LogP contribution in [0.5, 0.6) is 5.75 Å². The smallest absolute Gasteiger partial charge is 0.129 e. The van der Waals surface area contributed by atoms with Gasteiger partial charge in [0.25, 0.3) is 0 Å². The van der Waals surface area contributed by atoms with Gasteiger partial charge in [0.15, 0.2) is 0 Å². The van der Waals surface area contributed by atoms with Crippen molar-refractivity contribution in [2.75, 3.05) is 6.61 Å². The Labute approximate surface area is 95.8 Å². The summed E-state index contributed by atoms with van der Waals surface area (Å²) >= 11 is 0. The molecule has 0 saturated heterocycles. The highest BCUT2D eigenvalue weighted by Gasteiger charge is 2.25. The highest BCUT2D eigenvalue weighted by atomic mass is 16.5. The second-order valence-electron chi connectivity index (χ2n) is 4.46. The van der Waals surface area contributed by atoms with Crippen LogP contribution in [0.25, 0.3) is 10.9 Å². The monoisotopic (exact) mass is 214 g/mol. The van der Waals surface area contributed by atoms with Gasteiger partial charge in [-0.05, 0) is 50.5 Å². The van der Waals surface area contributed by atoms with Crippen molar-refractivity contribution in [3.05, 3.63) is 30.0 Å². The second kappa shape index (κ2) is 3.55. The first-order valence-electron chi connectivity index (χ1n) is 5.95. The van der Waals surface area contributed by atoms with E-state index in [0.717, 1.165) is 5.75 Å². The van der Waals surface area contributed by atoms with E-state index in [4.69, 9.17) is 4.74 Å². The molecule has 0 unspecified atom stereocenters. The standard InChI is InChI=1S/C14H16NO/c1-3-16-13-6-4-5-12-14(13)10(2)9-15(12)11-7-8-11/h5-6,9,11H,3,7-8H2,1-2H3. The Kier molecular flexibility index (Phi) is 2.16. The van der Waals surface area contributed by atoms with Crippen LogP contribution in [0.2, 0.25) is 0 Å². The summed E-state index contributed by atoms with van der Waals surface area (Å²) in [6, 6.07) is 7.90. The zero-order valence-corrected chi connectivity index (χ0v) is 9.79. The van der Waals surface area contributed by atoms with Crippen LogP contribution < -0.4 is 4.74 Å². The van der Waals surface area contributed by atoms with Crippen molar-refractivity contribution in [2.45, 2.75) is 32.7 Å². The van der Waals surface area contributed by atoms with E-state index >= 15 is 0 Å². The van der Waals surface area contributed by atoms with Crippen LogP contribution in [0.3, 0.4) is 0 Å². The van der Waals surface area contributed by atoms with Crippen molar-refractivity contribution in [1.29, 1.82) is 0 Å². The van der Waals surface area contributed by atoms with Crippen LogP contribution in [0, 0.1) is 13.0 Å². The molecule has 0 atom stereocenters. The summed E-state index contributed by atoms with van der Waals surface area (Å²) in [6.07, 6.45) is 4.86. The Morgan fingerprint density at radius 3 is 2.94 bits per heavy atom. The number of aromatic nitrogens is 1. The largest absolute Gasteiger partial charge is 0.493 e. The van der Waals surface area contributed by atoms with Crippen LogP contribution in [-0.2, 0) is 0 Å². The molecule has 16 heavy (non-hydrogen) atoms. The average molecular weight is 214 g/mol. The quantitative estimate of drug-likeness (QED) is 0.763. The van der Waals surface area contributed by atoms with E-state index in [1.165, 1.54) is 29.3 Å². The minimum absolute atomic E-state index is 0.709. The fraction of sp³-hybridized carbons (Fsp3) is 0.429. The maximum Gasteiger partial charge on any atom is 0.129 e. The van der Waals surface area contributed by atoms with E-state index in [1.807, 2.05) is 13.0 Å². The summed E-state index contributed by atoms with van der Waals surface area (Å²) < 4.78 is 8.05. The Hall–Kier alpha value is -1.44. The number of benzene rings is 1. The summed E-state index contributed by atoms with van der Waals surface area (Å²) in [6.45, 7) is 4.89. The van der Waals surface area contributed by atoms with E-state index in [0.29, 0.717) is 12.6 Å². The van der Waals surface area contributed by atoms with Crippen molar-refractivity contribution >= 4 is 10.9 Å². The van der Waals surface area contributed by atoms with Crippen LogP contribution in [-0.4, -0.2) is 11.2 Å². The Morgan fingerprint density at radius 2 is 2.25 bits per heavy atom. The van der Waals surface area contributed by atoms with Gasteiger partial charge in [-0.2, -0.15) is 0 Å². The molecule has 2 aromatic rings. The number of hydrogen-bond donors (Lipinski definition) is 0. The normalized spacial score (nSPS) is 15.6. The van der Waals surface area contributed by atoms with Gasteiger partial charge >= 0.3 is 0 Å². The number of rotatable bonds is 3. The molecule has 1 aliphatic rings. The van der Waals surface area contributed by atoms with Crippen LogP contribution >= 0.6 is 0 Å². The zero-order chi connectivity index (χ0) is 11.1. The van der Waals surface area contributed by atoms with Gasteiger partial charge in [-0.25, -0.2) is 0 Å². The number of hydrogen-bond acceptors (Lipinski definition) is 1. The molecule has 2 nitrogen and oxygen atoms in total. The first-order valence-corrected chi connectivity index (χ1v) is 5.95. The van der Waals surface area contributed by atoms with E-state index in [1.54, 1.807) is 0 Å². The number of ether oxygens (including phenoxy) is 1. The summed E-state index contributed by atoms with van der Waals surface area (Å²) in [5, 5.41) is 1.26. The topological polar surface area (TPSA) is 14.2 Å². The van der Waals surface area contributed by atoms with Gasteiger partial charge in [0.2, 0.25) is 0 Å². The first kappa shape index (κ1) is 9.76. The van der Waals surface area contributed by atoms with Gasteiger partial charge < -0.3 is 9.30 Å². The van der Waals surface area contributed by atoms with Gasteiger partial charge in [-0.15, -0.1) is 0 Å². The second-order valence-corrected chi connectivity index (χ2v) is 4.46. The van der Waals surface area contributed by atoms with Crippen molar-refractivity contribution in [2.24, 2.45) is 0 Å². The summed E-state index contributed by atoms with van der Waals surface area (Å²) in [4.78, 5) is 0. The Bertz CT molecular complexity index is 523. The highest BCUT2D eigenvalue weighted by molar-refractivity contribution is 5.89. The molecule has 1 radical (unpaired) electrons. The van der Waals surface area contributed by atoms with E-state index in [2.05, 4.69) is 29.8 Å². The average Bonchev–Trinajstić information content (AvgIpc) is 3.05. The van der Waals surface area contributed by atoms with Crippen LogP contribution in [0.1, 0.15) is 31.4 Å². The lowest BCUT2D eigenvalue weighted by molar-refractivity contribution is 0.344. The molecule has 1 aromatic heterocycles. The predicted octanol–water partition coefficient (Wildman–Crippen LogP) is 3.48. The zero-order valence-electron chi connectivity index (χ0n) is 9.79. The molecular formula is C14H16NO. The molecule has 0 N–H and O–H groups in total. The molecule has 1 aliphatic carbocycles. The lowest BCUT2D eigenvalue weighted by Gasteiger charge is -2.06. The Balaban J connectivity index is 2.22. The summed E-state index contributed by atoms with van der Waals surface area (Å²) in [7, 11) is 0. The Morgan fingerprint density at radius 1 is 1.44 bits per heavy atom. The molecule has 0 aliphatic heterocycles. The molecule has 1 saturated carbocycles. The molecular weight excluding hydrogens is 198 g/mol. The number of nitrogens with zero attached hydrogens (tertiary/aromatic N) is 1. The van der Waals surface area contributed by atoms with Crippen molar-refractivity contribution < 1.29 is 4.74 Å². The van der Waals surface area contributed by atoms with Crippen molar-refractivity contribution in [3.8, 4) is 5.75 Å². The summed E-state index contributed by atoms with van der Waals surface area (Å²) in [5.74, 6) is 0.969. The first-order chi connectivity index (χ1) is 7.81. The van der Waals surface area contributed by atoms with Gasteiger partial charge in [0.05, 0.1) is 12.1 Å². The fourth-order valence-electron chi connectivity index (χ4n) is 2.33. The molecule has 2 heteroatoms. The fourth-order valence-corrected chi connectivity index (χ4v) is 2.33. The lowest BCUT2D eigenvalue weighted by Crippen LogP contribution is -1.93. The molecule has 3 rings (SSSR count). The molecule has 1 aromatic carbocycles. The molecule has 1 fully saturated rings. The number of fused-ring (bicyclic) bond motifs is 1. The molecule has 0 spiro atoms. The molecule has 1 heterocycles. The van der Waals surface area contributed by atoms with Gasteiger partial charge in [-0.3, -0.25) is 0 Å². The SMILES string of the molecule is CCOc1c[c]cc2c1c(C)cn2C1CC1. The van der Waals surface area contributed by atoms with Gasteiger partial charge in [-0.1, -0.05) is 0 Å². The third kappa shape index (κ3) is 1.41. The predicted molar refractivity (Wildman–Crippen MR) is 65.0 cm³/mol. The van der Waals surface area contributed by atoms with E-state index < -0.39 is 0 Å². The van der Waals surface area contributed by atoms with E-state index in [9.17, 15) is 0 Å². The molecule has 0 bridgehead atoms. The lowest BCUT2D eigenvalue weighted by atomic mass is 10.2. The van der Waals surface area contributed by atoms with Crippen molar-refractivity contribution in [3.63, 3.8) is 0 Å².